The minimum absolute atomic E-state index is 0.472. The van der Waals surface area contributed by atoms with Gasteiger partial charge < -0.3 is 4.90 Å². The first-order chi connectivity index (χ1) is 34.2. The molecular weight excluding hydrogens is 831 g/mol. The van der Waals surface area contributed by atoms with Crippen LogP contribution in [0.1, 0.15) is 44.5 Å². The van der Waals surface area contributed by atoms with Crippen molar-refractivity contribution in [3.8, 4) is 44.5 Å². The van der Waals surface area contributed by atoms with Crippen LogP contribution in [-0.4, -0.2) is 0 Å². The molecule has 16 rings (SSSR count). The highest BCUT2D eigenvalue weighted by Crippen LogP contribution is 2.65. The maximum absolute atomic E-state index is 2.55. The van der Waals surface area contributed by atoms with Gasteiger partial charge in [0.15, 0.2) is 0 Å². The molecule has 0 saturated carbocycles. The summed E-state index contributed by atoms with van der Waals surface area (Å²) in [6, 6.07) is 94.4. The van der Waals surface area contributed by atoms with E-state index < -0.39 is 10.8 Å². The Morgan fingerprint density at radius 2 is 0.435 bits per heavy atom. The van der Waals surface area contributed by atoms with E-state index in [1.807, 2.05) is 0 Å². The number of nitrogens with zero attached hydrogens (tertiary/aromatic N) is 1. The van der Waals surface area contributed by atoms with Crippen molar-refractivity contribution in [2.75, 3.05) is 4.90 Å². The zero-order valence-corrected chi connectivity index (χ0v) is 37.6. The number of benzene rings is 12. The second-order valence-corrected chi connectivity index (χ2v) is 19.4. The number of hydrogen-bond acceptors (Lipinski definition) is 1. The van der Waals surface area contributed by atoms with E-state index in [9.17, 15) is 0 Å². The Morgan fingerprint density at radius 3 is 0.783 bits per heavy atom. The van der Waals surface area contributed by atoms with E-state index >= 15 is 0 Å². The van der Waals surface area contributed by atoms with E-state index in [0.717, 1.165) is 17.1 Å². The van der Waals surface area contributed by atoms with Crippen LogP contribution in [0.4, 0.5) is 17.1 Å². The largest absolute Gasteiger partial charge is 0.310 e. The van der Waals surface area contributed by atoms with Crippen LogP contribution in [0, 0.1) is 0 Å². The number of fused-ring (bicyclic) bond motifs is 26. The van der Waals surface area contributed by atoms with Crippen LogP contribution in [0.3, 0.4) is 0 Å². The Morgan fingerprint density at radius 1 is 0.188 bits per heavy atom. The van der Waals surface area contributed by atoms with Crippen molar-refractivity contribution < 1.29 is 0 Å². The van der Waals surface area contributed by atoms with Crippen LogP contribution >= 0.6 is 0 Å². The topological polar surface area (TPSA) is 3.24 Å². The van der Waals surface area contributed by atoms with Crippen LogP contribution in [0.25, 0.3) is 76.8 Å². The number of anilines is 3. The van der Waals surface area contributed by atoms with Gasteiger partial charge in [-0.1, -0.05) is 212 Å². The highest BCUT2D eigenvalue weighted by molar-refractivity contribution is 6.26. The van der Waals surface area contributed by atoms with Gasteiger partial charge in [-0.2, -0.15) is 0 Å². The fourth-order valence-corrected chi connectivity index (χ4v) is 13.9. The third kappa shape index (κ3) is 4.56. The van der Waals surface area contributed by atoms with Gasteiger partial charge in [0.25, 0.3) is 0 Å². The molecule has 1 heteroatoms. The summed E-state index contributed by atoms with van der Waals surface area (Å²) in [5.41, 5.74) is 23.6. The Labute approximate surface area is 400 Å². The quantitative estimate of drug-likeness (QED) is 0.160. The molecule has 0 aromatic heterocycles. The van der Waals surface area contributed by atoms with E-state index in [-0.39, 0.29) is 0 Å². The molecule has 69 heavy (non-hydrogen) atoms. The molecule has 0 N–H and O–H groups in total. The van der Waals surface area contributed by atoms with E-state index in [0.29, 0.717) is 0 Å². The van der Waals surface area contributed by atoms with Crippen molar-refractivity contribution in [1.29, 1.82) is 0 Å². The highest BCUT2D eigenvalue weighted by atomic mass is 15.1. The zero-order valence-electron chi connectivity index (χ0n) is 37.6. The van der Waals surface area contributed by atoms with E-state index in [1.54, 1.807) is 0 Å². The van der Waals surface area contributed by atoms with Crippen molar-refractivity contribution in [3.63, 3.8) is 0 Å². The van der Waals surface area contributed by atoms with Gasteiger partial charge in [0.05, 0.1) is 10.8 Å². The fourth-order valence-electron chi connectivity index (χ4n) is 13.9. The number of rotatable bonds is 3. The van der Waals surface area contributed by atoms with Gasteiger partial charge in [-0.05, 0) is 158 Å². The molecule has 0 unspecified atom stereocenters. The molecule has 318 valence electrons. The summed E-state index contributed by atoms with van der Waals surface area (Å²) in [5.74, 6) is 0. The van der Waals surface area contributed by atoms with Crippen molar-refractivity contribution in [2.45, 2.75) is 10.8 Å². The normalized spacial score (nSPS) is 14.3. The van der Waals surface area contributed by atoms with Gasteiger partial charge in [-0.3, -0.25) is 0 Å². The minimum atomic E-state index is -0.472. The first-order valence-corrected chi connectivity index (χ1v) is 24.3. The Balaban J connectivity index is 1.00. The average Bonchev–Trinajstić information content (AvgIpc) is 4.10. The molecule has 0 saturated heterocycles. The van der Waals surface area contributed by atoms with Gasteiger partial charge in [-0.15, -0.1) is 0 Å². The smallest absolute Gasteiger partial charge is 0.0726 e. The monoisotopic (exact) mass is 871 g/mol. The lowest BCUT2D eigenvalue weighted by atomic mass is 9.70. The van der Waals surface area contributed by atoms with Crippen LogP contribution < -0.4 is 4.90 Å². The molecule has 0 fully saturated rings. The number of hydrogen-bond donors (Lipinski definition) is 0. The molecule has 0 atom stereocenters. The summed E-state index contributed by atoms with van der Waals surface area (Å²) in [5, 5.41) is 7.61. The first-order valence-electron chi connectivity index (χ1n) is 24.3. The van der Waals surface area contributed by atoms with E-state index in [2.05, 4.69) is 254 Å². The first kappa shape index (κ1) is 37.3. The molecule has 0 amide bonds. The molecule has 4 aliphatic rings. The molecule has 0 bridgehead atoms. The Hall–Kier alpha value is -8.78. The lowest BCUT2D eigenvalue weighted by Gasteiger charge is -2.33. The molecule has 0 heterocycles. The maximum Gasteiger partial charge on any atom is 0.0726 e. The highest BCUT2D eigenvalue weighted by Gasteiger charge is 2.53. The van der Waals surface area contributed by atoms with E-state index in [4.69, 9.17) is 0 Å². The van der Waals surface area contributed by atoms with Crippen molar-refractivity contribution in [2.24, 2.45) is 0 Å². The van der Waals surface area contributed by atoms with Crippen molar-refractivity contribution >= 4 is 49.4 Å². The molecule has 2 spiro atoms. The lowest BCUT2D eigenvalue weighted by molar-refractivity contribution is 0.792. The maximum atomic E-state index is 2.55. The second kappa shape index (κ2) is 13.4. The molecule has 12 aromatic carbocycles. The van der Waals surface area contributed by atoms with Gasteiger partial charge in [0.1, 0.15) is 0 Å². The van der Waals surface area contributed by atoms with Gasteiger partial charge >= 0.3 is 0 Å². The summed E-state index contributed by atoms with van der Waals surface area (Å²) < 4.78 is 0. The predicted molar refractivity (Wildman–Crippen MR) is 286 cm³/mol. The SMILES string of the molecule is c1ccc2c(c1)-c1ccccc1C21c2ccccc2-c2ccc(N(c3ccc4c(c3)C3(c5ccccc5-c5ccccc53)c3ccccc3-4)c3ccc4c5ccccc5c5ccccc5c4c3)cc21. The third-order valence-corrected chi connectivity index (χ3v) is 16.5. The van der Waals surface area contributed by atoms with Crippen molar-refractivity contribution in [1.82, 2.24) is 0 Å². The summed E-state index contributed by atoms with van der Waals surface area (Å²) in [4.78, 5) is 2.55. The van der Waals surface area contributed by atoms with E-state index in [1.165, 1.54) is 121 Å². The summed E-state index contributed by atoms with van der Waals surface area (Å²) in [6.45, 7) is 0. The predicted octanol–water partition coefficient (Wildman–Crippen LogP) is 17.3. The lowest BCUT2D eigenvalue weighted by Crippen LogP contribution is -2.26. The Bertz CT molecular complexity index is 3870. The molecular formula is C68H41N. The van der Waals surface area contributed by atoms with Gasteiger partial charge in [-0.25, -0.2) is 0 Å². The average molecular weight is 872 g/mol. The molecule has 0 aliphatic heterocycles. The molecule has 0 radical (unpaired) electrons. The Kier molecular flexibility index (Phi) is 7.27. The third-order valence-electron chi connectivity index (χ3n) is 16.5. The zero-order chi connectivity index (χ0) is 45.0. The second-order valence-electron chi connectivity index (χ2n) is 19.4. The fraction of sp³-hybridized carbons (Fsp3) is 0.0294. The molecule has 1 nitrogen and oxygen atoms in total. The van der Waals surface area contributed by atoms with Crippen LogP contribution in [-0.2, 0) is 10.8 Å². The van der Waals surface area contributed by atoms with Crippen molar-refractivity contribution in [3.05, 3.63) is 293 Å². The van der Waals surface area contributed by atoms with Gasteiger partial charge in [0, 0.05) is 17.1 Å². The molecule has 4 aliphatic carbocycles. The minimum Gasteiger partial charge on any atom is -0.310 e. The van der Waals surface area contributed by atoms with Gasteiger partial charge in [0.2, 0.25) is 0 Å². The summed E-state index contributed by atoms with van der Waals surface area (Å²) >= 11 is 0. The van der Waals surface area contributed by atoms with Crippen LogP contribution in [0.5, 0.6) is 0 Å². The van der Waals surface area contributed by atoms with Crippen LogP contribution in [0.2, 0.25) is 0 Å². The standard InChI is InChI=1S/C68H41N/c1-2-19-47-45(17-1)46-18-3-4-20-48(46)58-39-42(33-36-49(47)58)69(43-34-37-56-54-25-9-15-31-63(54)67(65(56)40-43)59-27-11-5-21-50(59)51-22-6-12-28-60(51)67)44-35-38-57-55-26-10-16-32-64(55)68(66(57)41-44)61-29-13-7-23-52(61)53-24-8-14-30-62(53)68/h1-41H. The summed E-state index contributed by atoms with van der Waals surface area (Å²) in [6.07, 6.45) is 0. The molecule has 12 aromatic rings. The summed E-state index contributed by atoms with van der Waals surface area (Å²) in [7, 11) is 0. The van der Waals surface area contributed by atoms with Crippen LogP contribution in [0.15, 0.2) is 249 Å².